The van der Waals surface area contributed by atoms with Crippen LogP contribution in [0.4, 0.5) is 5.82 Å². The van der Waals surface area contributed by atoms with Crippen molar-refractivity contribution in [3.8, 4) is 5.82 Å². The summed E-state index contributed by atoms with van der Waals surface area (Å²) in [6, 6.07) is 1.80. The molecular formula is C10H12N6S. The molecule has 0 aliphatic rings. The van der Waals surface area contributed by atoms with Gasteiger partial charge in [0, 0.05) is 25.0 Å². The molecule has 0 aromatic carbocycles. The fraction of sp³-hybridized carbons (Fsp3) is 0.200. The number of aromatic nitrogens is 4. The molecule has 0 aliphatic heterocycles. The first-order chi connectivity index (χ1) is 8.29. The van der Waals surface area contributed by atoms with E-state index in [0.717, 1.165) is 12.4 Å². The van der Waals surface area contributed by atoms with Crippen LogP contribution in [0.15, 0.2) is 31.1 Å². The monoisotopic (exact) mass is 248 g/mol. The van der Waals surface area contributed by atoms with Gasteiger partial charge in [0.15, 0.2) is 5.11 Å². The predicted octanol–water partition coefficient (Wildman–Crippen LogP) is 0.969. The van der Waals surface area contributed by atoms with Crippen molar-refractivity contribution in [2.24, 2.45) is 0 Å². The van der Waals surface area contributed by atoms with Gasteiger partial charge in [-0.2, -0.15) is 0 Å². The molecule has 2 N–H and O–H groups in total. The van der Waals surface area contributed by atoms with Crippen molar-refractivity contribution in [2.75, 3.05) is 11.9 Å². The van der Waals surface area contributed by atoms with Gasteiger partial charge < -0.3 is 10.6 Å². The van der Waals surface area contributed by atoms with Gasteiger partial charge in [0.05, 0.1) is 0 Å². The molecule has 2 aromatic heterocycles. The molecule has 0 aliphatic carbocycles. The largest absolute Gasteiger partial charge is 0.363 e. The van der Waals surface area contributed by atoms with E-state index in [4.69, 9.17) is 12.2 Å². The number of hydrogen-bond donors (Lipinski definition) is 2. The molecular weight excluding hydrogens is 236 g/mol. The maximum atomic E-state index is 5.08. The van der Waals surface area contributed by atoms with E-state index in [1.807, 2.05) is 13.1 Å². The molecule has 0 saturated heterocycles. The third kappa shape index (κ3) is 2.97. The molecule has 0 spiro atoms. The minimum absolute atomic E-state index is 0.544. The van der Waals surface area contributed by atoms with E-state index in [2.05, 4.69) is 25.6 Å². The van der Waals surface area contributed by atoms with Gasteiger partial charge >= 0.3 is 0 Å². The average Bonchev–Trinajstić information content (AvgIpc) is 2.83. The van der Waals surface area contributed by atoms with Crippen LogP contribution in [-0.2, 0) is 0 Å². The van der Waals surface area contributed by atoms with E-state index in [1.165, 1.54) is 6.33 Å². The van der Waals surface area contributed by atoms with Gasteiger partial charge in [-0.1, -0.05) is 0 Å². The van der Waals surface area contributed by atoms with Crippen LogP contribution in [0.3, 0.4) is 0 Å². The Balaban J connectivity index is 2.15. The zero-order chi connectivity index (χ0) is 12.1. The highest BCUT2D eigenvalue weighted by molar-refractivity contribution is 7.80. The lowest BCUT2D eigenvalue weighted by Gasteiger charge is -2.08. The Labute approximate surface area is 104 Å². The van der Waals surface area contributed by atoms with Crippen molar-refractivity contribution < 1.29 is 0 Å². The Morgan fingerprint density at radius 1 is 1.47 bits per heavy atom. The van der Waals surface area contributed by atoms with Crippen LogP contribution in [0, 0.1) is 0 Å². The smallest absolute Gasteiger partial charge is 0.171 e. The molecule has 2 rings (SSSR count). The SMILES string of the molecule is CCNC(=S)Nc1cc(-n2ccnc2)ncn1. The van der Waals surface area contributed by atoms with Gasteiger partial charge in [0.1, 0.15) is 24.3 Å². The summed E-state index contributed by atoms with van der Waals surface area (Å²) in [4.78, 5) is 12.2. The van der Waals surface area contributed by atoms with Crippen LogP contribution in [-0.4, -0.2) is 31.2 Å². The summed E-state index contributed by atoms with van der Waals surface area (Å²) in [6.45, 7) is 2.75. The van der Waals surface area contributed by atoms with Crippen molar-refractivity contribution in [3.63, 3.8) is 0 Å². The Morgan fingerprint density at radius 3 is 3.06 bits per heavy atom. The first-order valence-corrected chi connectivity index (χ1v) is 5.55. The summed E-state index contributed by atoms with van der Waals surface area (Å²) in [6.07, 6.45) is 6.66. The highest BCUT2D eigenvalue weighted by Crippen LogP contribution is 2.07. The average molecular weight is 248 g/mol. The van der Waals surface area contributed by atoms with Crippen LogP contribution >= 0.6 is 12.2 Å². The second-order valence-electron chi connectivity index (χ2n) is 3.22. The molecule has 0 saturated carbocycles. The fourth-order valence-corrected chi connectivity index (χ4v) is 1.52. The summed E-state index contributed by atoms with van der Waals surface area (Å²) in [7, 11) is 0. The summed E-state index contributed by atoms with van der Waals surface area (Å²) >= 11 is 5.08. The molecule has 17 heavy (non-hydrogen) atoms. The van der Waals surface area contributed by atoms with Crippen molar-refractivity contribution >= 4 is 23.1 Å². The highest BCUT2D eigenvalue weighted by Gasteiger charge is 2.01. The minimum Gasteiger partial charge on any atom is -0.363 e. The molecule has 0 bridgehead atoms. The first kappa shape index (κ1) is 11.5. The van der Waals surface area contributed by atoms with E-state index >= 15 is 0 Å². The third-order valence-corrected chi connectivity index (χ3v) is 2.25. The maximum absolute atomic E-state index is 5.08. The molecule has 0 unspecified atom stereocenters. The van der Waals surface area contributed by atoms with E-state index in [0.29, 0.717) is 10.9 Å². The van der Waals surface area contributed by atoms with Crippen LogP contribution in [0.1, 0.15) is 6.92 Å². The molecule has 6 nitrogen and oxygen atoms in total. The normalized spacial score (nSPS) is 9.94. The molecule has 7 heteroatoms. The van der Waals surface area contributed by atoms with Crippen LogP contribution < -0.4 is 10.6 Å². The Kier molecular flexibility index (Phi) is 3.61. The summed E-state index contributed by atoms with van der Waals surface area (Å²) in [5.74, 6) is 1.38. The molecule has 88 valence electrons. The predicted molar refractivity (Wildman–Crippen MR) is 69.1 cm³/mol. The van der Waals surface area contributed by atoms with Gasteiger partial charge in [0.2, 0.25) is 0 Å². The molecule has 0 radical (unpaired) electrons. The zero-order valence-electron chi connectivity index (χ0n) is 9.29. The molecule has 2 heterocycles. The van der Waals surface area contributed by atoms with Crippen molar-refractivity contribution in [2.45, 2.75) is 6.92 Å². The Morgan fingerprint density at radius 2 is 2.35 bits per heavy atom. The van der Waals surface area contributed by atoms with E-state index in [9.17, 15) is 0 Å². The highest BCUT2D eigenvalue weighted by atomic mass is 32.1. The summed E-state index contributed by atoms with van der Waals surface area (Å²) in [5, 5.41) is 6.51. The Bertz CT molecular complexity index is 495. The second kappa shape index (κ2) is 5.35. The topological polar surface area (TPSA) is 67.7 Å². The number of anilines is 1. The molecule has 0 atom stereocenters. The van der Waals surface area contributed by atoms with Gasteiger partial charge in [-0.3, -0.25) is 4.57 Å². The molecule has 0 fully saturated rings. The summed E-state index contributed by atoms with van der Waals surface area (Å²) < 4.78 is 1.79. The van der Waals surface area contributed by atoms with Crippen molar-refractivity contribution in [1.82, 2.24) is 24.8 Å². The summed E-state index contributed by atoms with van der Waals surface area (Å²) in [5.41, 5.74) is 0. The van der Waals surface area contributed by atoms with Crippen LogP contribution in [0.2, 0.25) is 0 Å². The lowest BCUT2D eigenvalue weighted by Crippen LogP contribution is -2.28. The van der Waals surface area contributed by atoms with Gasteiger partial charge in [-0.15, -0.1) is 0 Å². The number of hydrogen-bond acceptors (Lipinski definition) is 4. The fourth-order valence-electron chi connectivity index (χ4n) is 1.27. The second-order valence-corrected chi connectivity index (χ2v) is 3.62. The lowest BCUT2D eigenvalue weighted by molar-refractivity contribution is 0.964. The lowest BCUT2D eigenvalue weighted by atomic mass is 10.5. The number of rotatable bonds is 3. The third-order valence-electron chi connectivity index (χ3n) is 2.00. The number of thiocarbonyl (C=S) groups is 1. The van der Waals surface area contributed by atoms with Crippen molar-refractivity contribution in [3.05, 3.63) is 31.1 Å². The minimum atomic E-state index is 0.544. The van der Waals surface area contributed by atoms with Crippen LogP contribution in [0.5, 0.6) is 0 Å². The van der Waals surface area contributed by atoms with Gasteiger partial charge in [-0.25, -0.2) is 15.0 Å². The quantitative estimate of drug-likeness (QED) is 0.789. The van der Waals surface area contributed by atoms with Gasteiger partial charge in [0.25, 0.3) is 0 Å². The van der Waals surface area contributed by atoms with Crippen LogP contribution in [0.25, 0.3) is 5.82 Å². The van der Waals surface area contributed by atoms with Crippen molar-refractivity contribution in [1.29, 1.82) is 0 Å². The molecule has 2 aromatic rings. The molecule has 0 amide bonds. The maximum Gasteiger partial charge on any atom is 0.171 e. The van der Waals surface area contributed by atoms with E-state index in [-0.39, 0.29) is 0 Å². The number of nitrogens with one attached hydrogen (secondary N) is 2. The Hall–Kier alpha value is -2.02. The first-order valence-electron chi connectivity index (χ1n) is 5.15. The van der Waals surface area contributed by atoms with Gasteiger partial charge in [-0.05, 0) is 19.1 Å². The van der Waals surface area contributed by atoms with E-state index in [1.54, 1.807) is 23.2 Å². The standard InChI is InChI=1S/C10H12N6S/c1-2-12-10(17)15-8-5-9(14-6-13-8)16-4-3-11-7-16/h3-7H,2H2,1H3,(H2,12,13,14,15,17). The van der Waals surface area contributed by atoms with E-state index < -0.39 is 0 Å². The number of nitrogens with zero attached hydrogens (tertiary/aromatic N) is 4. The zero-order valence-corrected chi connectivity index (χ0v) is 10.1. The number of imidazole rings is 1.